The molecule has 2 aromatic carbocycles. The van der Waals surface area contributed by atoms with Crippen LogP contribution in [0.5, 0.6) is 0 Å². The van der Waals surface area contributed by atoms with Gasteiger partial charge < -0.3 is 0 Å². The molecule has 26 heavy (non-hydrogen) atoms. The Bertz CT molecular complexity index is 948. The summed E-state index contributed by atoms with van der Waals surface area (Å²) in [6.45, 7) is 5.67. The lowest BCUT2D eigenvalue weighted by Gasteiger charge is -2.34. The summed E-state index contributed by atoms with van der Waals surface area (Å²) in [5.41, 5.74) is 2.15. The Morgan fingerprint density at radius 3 is 2.38 bits per heavy atom. The van der Waals surface area contributed by atoms with E-state index in [1.165, 1.54) is 5.56 Å². The Hall–Kier alpha value is -1.86. The van der Waals surface area contributed by atoms with E-state index < -0.39 is 0 Å². The Morgan fingerprint density at radius 2 is 1.62 bits per heavy atom. The van der Waals surface area contributed by atoms with Gasteiger partial charge in [0.25, 0.3) is 0 Å². The van der Waals surface area contributed by atoms with Crippen molar-refractivity contribution in [3.05, 3.63) is 63.8 Å². The van der Waals surface area contributed by atoms with E-state index in [2.05, 4.69) is 32.2 Å². The van der Waals surface area contributed by atoms with Gasteiger partial charge in [0.2, 0.25) is 0 Å². The summed E-state index contributed by atoms with van der Waals surface area (Å²) in [6.07, 6.45) is 0. The normalized spacial score (nSPS) is 16.2. The summed E-state index contributed by atoms with van der Waals surface area (Å²) in [7, 11) is 0. The van der Waals surface area contributed by atoms with Gasteiger partial charge in [0, 0.05) is 43.1 Å². The van der Waals surface area contributed by atoms with Crippen molar-refractivity contribution < 1.29 is 0 Å². The number of hydrogen-bond acceptors (Lipinski definition) is 5. The van der Waals surface area contributed by atoms with Gasteiger partial charge in [0.1, 0.15) is 4.64 Å². The van der Waals surface area contributed by atoms with Crippen molar-refractivity contribution in [1.29, 1.82) is 0 Å². The van der Waals surface area contributed by atoms with Crippen LogP contribution in [0.3, 0.4) is 0 Å². The Kier molecular flexibility index (Phi) is 5.26. The van der Waals surface area contributed by atoms with E-state index in [4.69, 9.17) is 23.8 Å². The third kappa shape index (κ3) is 3.94. The molecule has 0 amide bonds. The SMILES string of the molecule is S=c1c2ccccc2nnn1CN1CCN(Cc2ccc(Cl)cc2)CC1. The lowest BCUT2D eigenvalue weighted by Crippen LogP contribution is -2.46. The summed E-state index contributed by atoms with van der Waals surface area (Å²) >= 11 is 11.6. The van der Waals surface area contributed by atoms with Gasteiger partial charge in [-0.1, -0.05) is 53.3 Å². The maximum Gasteiger partial charge on any atom is 0.135 e. The first-order chi connectivity index (χ1) is 12.7. The van der Waals surface area contributed by atoms with Crippen molar-refractivity contribution in [1.82, 2.24) is 24.8 Å². The van der Waals surface area contributed by atoms with E-state index in [0.29, 0.717) is 6.67 Å². The minimum Gasteiger partial charge on any atom is -0.297 e. The predicted octanol–water partition coefficient (Wildman–Crippen LogP) is 3.59. The number of nitrogens with zero attached hydrogens (tertiary/aromatic N) is 5. The number of rotatable bonds is 4. The van der Waals surface area contributed by atoms with E-state index >= 15 is 0 Å². The summed E-state index contributed by atoms with van der Waals surface area (Å²) < 4.78 is 2.58. The van der Waals surface area contributed by atoms with Crippen molar-refractivity contribution in [2.45, 2.75) is 13.2 Å². The molecule has 1 fully saturated rings. The molecule has 2 heterocycles. The van der Waals surface area contributed by atoms with Crippen LogP contribution in [0.15, 0.2) is 48.5 Å². The molecule has 1 aromatic heterocycles. The van der Waals surface area contributed by atoms with Crippen LogP contribution in [0.1, 0.15) is 5.56 Å². The minimum atomic E-state index is 0.686. The highest BCUT2D eigenvalue weighted by Crippen LogP contribution is 2.14. The largest absolute Gasteiger partial charge is 0.297 e. The van der Waals surface area contributed by atoms with Gasteiger partial charge in [0.05, 0.1) is 12.2 Å². The summed E-state index contributed by atoms with van der Waals surface area (Å²) in [6, 6.07) is 16.0. The molecule has 7 heteroatoms. The Labute approximate surface area is 162 Å². The predicted molar refractivity (Wildman–Crippen MR) is 107 cm³/mol. The molecular weight excluding hydrogens is 366 g/mol. The molecular formula is C19H20ClN5S. The number of hydrogen-bond donors (Lipinski definition) is 0. The van der Waals surface area contributed by atoms with Gasteiger partial charge in [-0.25, -0.2) is 4.68 Å². The molecule has 4 rings (SSSR count). The molecule has 3 aromatic rings. The zero-order valence-corrected chi connectivity index (χ0v) is 16.0. The van der Waals surface area contributed by atoms with Gasteiger partial charge in [-0.3, -0.25) is 9.80 Å². The van der Waals surface area contributed by atoms with E-state index in [-0.39, 0.29) is 0 Å². The molecule has 0 N–H and O–H groups in total. The number of halogens is 1. The molecule has 0 atom stereocenters. The molecule has 1 aliphatic rings. The summed E-state index contributed by atoms with van der Waals surface area (Å²) in [5, 5.41) is 10.3. The van der Waals surface area contributed by atoms with Gasteiger partial charge in [-0.2, -0.15) is 0 Å². The van der Waals surface area contributed by atoms with Crippen molar-refractivity contribution in [3.8, 4) is 0 Å². The number of piperazine rings is 1. The van der Waals surface area contributed by atoms with Gasteiger partial charge in [-0.05, 0) is 29.8 Å². The molecule has 0 aliphatic carbocycles. The van der Waals surface area contributed by atoms with Crippen LogP contribution >= 0.6 is 23.8 Å². The monoisotopic (exact) mass is 385 g/mol. The standard InChI is InChI=1S/C19H20ClN5S/c20-16-7-5-15(6-8-16)13-23-9-11-24(12-10-23)14-25-19(26)17-3-1-2-4-18(17)21-22-25/h1-8H,9-14H2. The third-order valence-electron chi connectivity index (χ3n) is 4.75. The molecule has 0 spiro atoms. The minimum absolute atomic E-state index is 0.686. The first-order valence-corrected chi connectivity index (χ1v) is 9.49. The van der Waals surface area contributed by atoms with Gasteiger partial charge in [0.15, 0.2) is 0 Å². The van der Waals surface area contributed by atoms with Crippen molar-refractivity contribution in [2.75, 3.05) is 26.2 Å². The average Bonchev–Trinajstić information content (AvgIpc) is 2.67. The maximum absolute atomic E-state index is 5.96. The van der Waals surface area contributed by atoms with Crippen molar-refractivity contribution in [3.63, 3.8) is 0 Å². The van der Waals surface area contributed by atoms with Crippen LogP contribution in [-0.2, 0) is 13.2 Å². The van der Waals surface area contributed by atoms with Gasteiger partial charge in [-0.15, -0.1) is 5.10 Å². The van der Waals surface area contributed by atoms with Crippen LogP contribution in [-0.4, -0.2) is 51.0 Å². The van der Waals surface area contributed by atoms with Crippen LogP contribution < -0.4 is 0 Å². The Balaban J connectivity index is 1.37. The smallest absolute Gasteiger partial charge is 0.135 e. The van der Waals surface area contributed by atoms with Crippen LogP contribution in [0.2, 0.25) is 5.02 Å². The first kappa shape index (κ1) is 17.5. The highest BCUT2D eigenvalue weighted by molar-refractivity contribution is 7.71. The van der Waals surface area contributed by atoms with E-state index in [0.717, 1.165) is 53.3 Å². The molecule has 134 valence electrons. The third-order valence-corrected chi connectivity index (χ3v) is 5.43. The van der Waals surface area contributed by atoms with E-state index in [9.17, 15) is 0 Å². The molecule has 0 radical (unpaired) electrons. The fourth-order valence-corrected chi connectivity index (χ4v) is 3.64. The second-order valence-electron chi connectivity index (χ2n) is 6.57. The summed E-state index contributed by atoms with van der Waals surface area (Å²) in [5.74, 6) is 0. The van der Waals surface area contributed by atoms with Crippen molar-refractivity contribution >= 4 is 34.7 Å². The fourth-order valence-electron chi connectivity index (χ4n) is 3.24. The van der Waals surface area contributed by atoms with Crippen LogP contribution in [0.25, 0.3) is 10.9 Å². The highest BCUT2D eigenvalue weighted by Gasteiger charge is 2.18. The average molecular weight is 386 g/mol. The zero-order chi connectivity index (χ0) is 17.9. The van der Waals surface area contributed by atoms with E-state index in [1.54, 1.807) is 0 Å². The highest BCUT2D eigenvalue weighted by atomic mass is 35.5. The lowest BCUT2D eigenvalue weighted by molar-refractivity contribution is 0.0968. The quantitative estimate of drug-likeness (QED) is 0.641. The van der Waals surface area contributed by atoms with Crippen molar-refractivity contribution in [2.24, 2.45) is 0 Å². The molecule has 5 nitrogen and oxygen atoms in total. The van der Waals surface area contributed by atoms with Crippen LogP contribution in [0, 0.1) is 4.64 Å². The lowest BCUT2D eigenvalue weighted by atomic mass is 10.2. The second kappa shape index (κ2) is 7.80. The van der Waals surface area contributed by atoms with Gasteiger partial charge >= 0.3 is 0 Å². The molecule has 0 saturated carbocycles. The fraction of sp³-hybridized carbons (Fsp3) is 0.316. The molecule has 0 unspecified atom stereocenters. The molecule has 1 aliphatic heterocycles. The van der Waals surface area contributed by atoms with E-state index in [1.807, 2.05) is 41.1 Å². The zero-order valence-electron chi connectivity index (χ0n) is 14.4. The number of aromatic nitrogens is 3. The number of fused-ring (bicyclic) bond motifs is 1. The molecule has 1 saturated heterocycles. The summed E-state index contributed by atoms with van der Waals surface area (Å²) in [4.78, 5) is 4.84. The topological polar surface area (TPSA) is 37.2 Å². The van der Waals surface area contributed by atoms with Crippen LogP contribution in [0.4, 0.5) is 0 Å². The second-order valence-corrected chi connectivity index (χ2v) is 7.40. The maximum atomic E-state index is 5.96. The number of benzene rings is 2. The first-order valence-electron chi connectivity index (χ1n) is 8.71. The Morgan fingerprint density at radius 1 is 0.923 bits per heavy atom. The molecule has 0 bridgehead atoms.